The van der Waals surface area contributed by atoms with Crippen LogP contribution in [0.5, 0.6) is 0 Å². The Morgan fingerprint density at radius 3 is 2.73 bits per heavy atom. The predicted molar refractivity (Wildman–Crippen MR) is 94.6 cm³/mol. The average Bonchev–Trinajstić information content (AvgIpc) is 2.84. The van der Waals surface area contributed by atoms with Gasteiger partial charge in [0.1, 0.15) is 0 Å². The maximum absolute atomic E-state index is 2.66. The summed E-state index contributed by atoms with van der Waals surface area (Å²) in [7, 11) is 0. The van der Waals surface area contributed by atoms with Gasteiger partial charge in [0.25, 0.3) is 0 Å². The van der Waals surface area contributed by atoms with Gasteiger partial charge in [-0.05, 0) is 73.5 Å². The fraction of sp³-hybridized carbons (Fsp3) is 0.818. The van der Waals surface area contributed by atoms with Crippen molar-refractivity contribution in [2.45, 2.75) is 72.6 Å². The molecule has 0 aromatic heterocycles. The van der Waals surface area contributed by atoms with E-state index in [9.17, 15) is 0 Å². The van der Waals surface area contributed by atoms with Gasteiger partial charge in [-0.3, -0.25) is 0 Å². The smallest absolute Gasteiger partial charge is 0.00963 e. The molecule has 0 aromatic carbocycles. The molecule has 4 rings (SSSR count). The average molecular weight is 299 g/mol. The van der Waals surface area contributed by atoms with Crippen LogP contribution in [0.1, 0.15) is 72.6 Å². The van der Waals surface area contributed by atoms with E-state index < -0.39 is 0 Å². The first kappa shape index (κ1) is 15.0. The summed E-state index contributed by atoms with van der Waals surface area (Å²) in [6, 6.07) is 0. The number of fused-ring (bicyclic) bond motifs is 5. The number of hydrogen-bond acceptors (Lipinski definition) is 0. The van der Waals surface area contributed by atoms with Crippen molar-refractivity contribution in [3.05, 3.63) is 23.8 Å². The van der Waals surface area contributed by atoms with Gasteiger partial charge in [0, 0.05) is 5.41 Å². The van der Waals surface area contributed by atoms with Gasteiger partial charge in [-0.25, -0.2) is 0 Å². The molecule has 3 saturated carbocycles. The Bertz CT molecular complexity index is 512. The molecule has 22 heavy (non-hydrogen) atoms. The number of allylic oxidation sites excluding steroid dienone is 4. The maximum atomic E-state index is 2.66. The Kier molecular flexibility index (Phi) is 3.41. The highest BCUT2D eigenvalue weighted by atomic mass is 14.6. The lowest BCUT2D eigenvalue weighted by Crippen LogP contribution is -2.51. The first-order valence-corrected chi connectivity index (χ1v) is 9.89. The van der Waals surface area contributed by atoms with Crippen molar-refractivity contribution >= 4 is 0 Å². The lowest BCUT2D eigenvalue weighted by molar-refractivity contribution is -0.0438. The lowest BCUT2D eigenvalue weighted by atomic mass is 9.46. The first-order valence-electron chi connectivity index (χ1n) is 9.89. The normalized spacial score (nSPS) is 53.5. The van der Waals surface area contributed by atoms with E-state index in [0.29, 0.717) is 10.8 Å². The van der Waals surface area contributed by atoms with Gasteiger partial charge < -0.3 is 0 Å². The second-order valence-electron chi connectivity index (χ2n) is 9.32. The molecule has 0 radical (unpaired) electrons. The summed E-state index contributed by atoms with van der Waals surface area (Å²) >= 11 is 0. The van der Waals surface area contributed by atoms with Gasteiger partial charge in [-0.1, -0.05) is 57.9 Å². The Morgan fingerprint density at radius 1 is 1.14 bits per heavy atom. The van der Waals surface area contributed by atoms with Crippen LogP contribution in [0.2, 0.25) is 0 Å². The van der Waals surface area contributed by atoms with E-state index in [0.717, 1.165) is 29.6 Å². The minimum absolute atomic E-state index is 0.381. The zero-order valence-corrected chi connectivity index (χ0v) is 15.1. The van der Waals surface area contributed by atoms with Crippen LogP contribution in [-0.4, -0.2) is 0 Å². The molecule has 4 aliphatic rings. The quantitative estimate of drug-likeness (QED) is 0.492. The monoisotopic (exact) mass is 298 g/mol. The van der Waals surface area contributed by atoms with Crippen molar-refractivity contribution in [1.29, 1.82) is 0 Å². The summed E-state index contributed by atoms with van der Waals surface area (Å²) < 4.78 is 0. The summed E-state index contributed by atoms with van der Waals surface area (Å²) in [6.45, 7) is 10.2. The van der Waals surface area contributed by atoms with Crippen LogP contribution in [0, 0.1) is 40.4 Å². The van der Waals surface area contributed by atoms with Crippen molar-refractivity contribution in [2.75, 3.05) is 0 Å². The number of rotatable bonds is 1. The van der Waals surface area contributed by atoms with Gasteiger partial charge in [-0.2, -0.15) is 0 Å². The van der Waals surface area contributed by atoms with E-state index >= 15 is 0 Å². The molecule has 0 heterocycles. The molecule has 0 bridgehead atoms. The molecule has 0 unspecified atom stereocenters. The molecule has 0 N–H and O–H groups in total. The summed E-state index contributed by atoms with van der Waals surface area (Å²) in [5.41, 5.74) is 2.82. The van der Waals surface area contributed by atoms with Crippen LogP contribution in [0.25, 0.3) is 0 Å². The fourth-order valence-corrected chi connectivity index (χ4v) is 7.57. The van der Waals surface area contributed by atoms with Gasteiger partial charge in [0.15, 0.2) is 0 Å². The molecule has 0 spiro atoms. The largest absolute Gasteiger partial charge is 0.0839 e. The van der Waals surface area contributed by atoms with E-state index in [4.69, 9.17) is 0 Å². The maximum Gasteiger partial charge on any atom is 0.00963 e. The van der Waals surface area contributed by atoms with Crippen LogP contribution < -0.4 is 0 Å². The molecule has 0 amide bonds. The van der Waals surface area contributed by atoms with E-state index in [1.807, 2.05) is 0 Å². The zero-order chi connectivity index (χ0) is 15.5. The molecule has 0 aliphatic heterocycles. The van der Waals surface area contributed by atoms with E-state index in [1.165, 1.54) is 44.9 Å². The first-order chi connectivity index (χ1) is 10.5. The van der Waals surface area contributed by atoms with E-state index in [1.54, 1.807) is 5.57 Å². The van der Waals surface area contributed by atoms with Crippen molar-refractivity contribution in [3.63, 3.8) is 0 Å². The minimum Gasteiger partial charge on any atom is -0.0839 e. The van der Waals surface area contributed by atoms with Crippen LogP contribution in [0.15, 0.2) is 23.8 Å². The molecular formula is C22H34. The summed E-state index contributed by atoms with van der Waals surface area (Å²) in [4.78, 5) is 0. The third-order valence-electron chi connectivity index (χ3n) is 8.61. The van der Waals surface area contributed by atoms with Crippen LogP contribution in [0.3, 0.4) is 0 Å². The molecule has 4 aliphatic carbocycles. The molecule has 7 atom stereocenters. The second kappa shape index (κ2) is 4.99. The molecule has 0 saturated heterocycles. The van der Waals surface area contributed by atoms with Gasteiger partial charge in [0.2, 0.25) is 0 Å². The Hall–Kier alpha value is -0.520. The summed E-state index contributed by atoms with van der Waals surface area (Å²) in [5, 5.41) is 0. The zero-order valence-electron chi connectivity index (χ0n) is 15.1. The highest BCUT2D eigenvalue weighted by Crippen LogP contribution is 2.67. The summed E-state index contributed by atoms with van der Waals surface area (Å²) in [5.74, 6) is 4.71. The third-order valence-corrected chi connectivity index (χ3v) is 8.61. The molecule has 122 valence electrons. The van der Waals surface area contributed by atoms with Crippen LogP contribution in [0.4, 0.5) is 0 Å². The molecule has 0 aromatic rings. The molecular weight excluding hydrogens is 264 g/mol. The van der Waals surface area contributed by atoms with Crippen LogP contribution >= 0.6 is 0 Å². The molecule has 0 nitrogen and oxygen atoms in total. The fourth-order valence-electron chi connectivity index (χ4n) is 7.57. The Morgan fingerprint density at radius 2 is 1.95 bits per heavy atom. The topological polar surface area (TPSA) is 0 Å². The van der Waals surface area contributed by atoms with Crippen molar-refractivity contribution in [3.8, 4) is 0 Å². The van der Waals surface area contributed by atoms with Crippen molar-refractivity contribution in [1.82, 2.24) is 0 Å². The van der Waals surface area contributed by atoms with Crippen LogP contribution in [-0.2, 0) is 0 Å². The lowest BCUT2D eigenvalue weighted by Gasteiger charge is -2.58. The van der Waals surface area contributed by atoms with Crippen molar-refractivity contribution in [2.24, 2.45) is 40.4 Å². The summed E-state index contributed by atoms with van der Waals surface area (Å²) in [6.07, 6.45) is 17.6. The Labute approximate surface area is 137 Å². The van der Waals surface area contributed by atoms with Gasteiger partial charge in [0.05, 0.1) is 0 Å². The predicted octanol–water partition coefficient (Wildman–Crippen LogP) is 6.39. The molecule has 0 heteroatoms. The van der Waals surface area contributed by atoms with Crippen molar-refractivity contribution < 1.29 is 0 Å². The SMILES string of the molecule is CC[C@H]1CC[C@H]2[C@@H]3C[C@H](C)C4=CCC=C[C@]4(C)[C@H]3CC[C@]12C. The standard InChI is InChI=1S/C22H34/c1-5-16-9-10-19-17-14-15(2)18-8-6-7-12-22(18,4)20(17)11-13-21(16,19)3/h7-8,12,15-17,19-20H,5-6,9-11,13-14H2,1-4H3/t15-,16-,17-,19-,20-,21+,22-/m0/s1. The highest BCUT2D eigenvalue weighted by Gasteiger charge is 2.58. The third kappa shape index (κ3) is 1.82. The van der Waals surface area contributed by atoms with Gasteiger partial charge >= 0.3 is 0 Å². The number of hydrogen-bond donors (Lipinski definition) is 0. The van der Waals surface area contributed by atoms with E-state index in [2.05, 4.69) is 45.9 Å². The molecule has 3 fully saturated rings. The van der Waals surface area contributed by atoms with E-state index in [-0.39, 0.29) is 0 Å². The van der Waals surface area contributed by atoms with Gasteiger partial charge in [-0.15, -0.1) is 0 Å². The Balaban J connectivity index is 1.71. The minimum atomic E-state index is 0.381. The second-order valence-corrected chi connectivity index (χ2v) is 9.32. The highest BCUT2D eigenvalue weighted by molar-refractivity contribution is 5.33.